The van der Waals surface area contributed by atoms with Crippen LogP contribution >= 0.6 is 0 Å². The number of aromatic nitrogens is 2. The van der Waals surface area contributed by atoms with E-state index in [1.54, 1.807) is 11.1 Å². The van der Waals surface area contributed by atoms with Crippen LogP contribution in [0.4, 0.5) is 11.6 Å². The van der Waals surface area contributed by atoms with Crippen LogP contribution in [-0.2, 0) is 4.79 Å². The quantitative estimate of drug-likeness (QED) is 0.874. The van der Waals surface area contributed by atoms with Crippen molar-refractivity contribution in [2.75, 3.05) is 30.8 Å². The number of nitrogens with zero attached hydrogens (tertiary/aromatic N) is 5. The van der Waals surface area contributed by atoms with Crippen molar-refractivity contribution in [1.82, 2.24) is 15.0 Å². The molecular formula is C20H24N6O2. The largest absolute Gasteiger partial charge is 0.467 e. The molecule has 1 unspecified atom stereocenters. The van der Waals surface area contributed by atoms with Crippen LogP contribution in [-0.4, -0.2) is 47.3 Å². The molecule has 4 rings (SSSR count). The van der Waals surface area contributed by atoms with Crippen LogP contribution in [0.5, 0.6) is 6.01 Å². The van der Waals surface area contributed by atoms with E-state index in [9.17, 15) is 4.79 Å². The van der Waals surface area contributed by atoms with Crippen LogP contribution in [0.1, 0.15) is 30.9 Å². The molecule has 1 amide bonds. The number of rotatable bonds is 4. The lowest BCUT2D eigenvalue weighted by Crippen LogP contribution is -2.41. The first-order chi connectivity index (χ1) is 13.7. The number of hydrogen-bond acceptors (Lipinski definition) is 7. The molecule has 0 spiro atoms. The van der Waals surface area contributed by atoms with Gasteiger partial charge in [0.15, 0.2) is 0 Å². The van der Waals surface area contributed by atoms with E-state index in [0.29, 0.717) is 5.82 Å². The van der Waals surface area contributed by atoms with Gasteiger partial charge in [-0.3, -0.25) is 4.79 Å². The lowest BCUT2D eigenvalue weighted by Gasteiger charge is -2.34. The molecule has 2 aromatic rings. The molecule has 2 aliphatic heterocycles. The van der Waals surface area contributed by atoms with Crippen LogP contribution in [0.15, 0.2) is 41.5 Å². The zero-order chi connectivity index (χ0) is 19.5. The summed E-state index contributed by atoms with van der Waals surface area (Å²) in [6.07, 6.45) is 4.09. The van der Waals surface area contributed by atoms with E-state index in [0.717, 1.165) is 43.7 Å². The van der Waals surface area contributed by atoms with Crippen LogP contribution in [0.2, 0.25) is 0 Å². The minimum Gasteiger partial charge on any atom is -0.467 e. The Hall–Kier alpha value is -3.16. The molecule has 2 N–H and O–H groups in total. The van der Waals surface area contributed by atoms with Crippen molar-refractivity contribution in [2.45, 2.75) is 25.3 Å². The van der Waals surface area contributed by atoms with Crippen molar-refractivity contribution in [3.8, 4) is 6.01 Å². The molecular weight excluding hydrogens is 356 g/mol. The van der Waals surface area contributed by atoms with Crippen molar-refractivity contribution >= 4 is 23.8 Å². The summed E-state index contributed by atoms with van der Waals surface area (Å²) >= 11 is 0. The van der Waals surface area contributed by atoms with Gasteiger partial charge in [-0.1, -0.05) is 30.3 Å². The fourth-order valence-electron chi connectivity index (χ4n) is 3.80. The summed E-state index contributed by atoms with van der Waals surface area (Å²) in [6.45, 7) is 1.45. The molecule has 0 aliphatic carbocycles. The summed E-state index contributed by atoms with van der Waals surface area (Å²) in [6, 6.07) is 12.1. The fourth-order valence-corrected chi connectivity index (χ4v) is 3.80. The van der Waals surface area contributed by atoms with Crippen molar-refractivity contribution in [3.63, 3.8) is 0 Å². The number of piperidine rings is 1. The van der Waals surface area contributed by atoms with Crippen molar-refractivity contribution in [1.29, 1.82) is 0 Å². The van der Waals surface area contributed by atoms with E-state index in [-0.39, 0.29) is 23.9 Å². The zero-order valence-corrected chi connectivity index (χ0v) is 15.9. The van der Waals surface area contributed by atoms with Gasteiger partial charge in [-0.2, -0.15) is 15.1 Å². The highest BCUT2D eigenvalue weighted by molar-refractivity contribution is 5.82. The summed E-state index contributed by atoms with van der Waals surface area (Å²) in [5, 5.41) is 6.04. The SMILES string of the molecule is COc1nc(N)cc(N2CCC(C(=O)N3N=CCC3c3ccccc3)CC2)n1. The molecule has 8 nitrogen and oxygen atoms in total. The number of carbonyl (C=O) groups is 1. The molecule has 3 heterocycles. The molecule has 146 valence electrons. The molecule has 28 heavy (non-hydrogen) atoms. The first-order valence-corrected chi connectivity index (χ1v) is 9.49. The monoisotopic (exact) mass is 380 g/mol. The lowest BCUT2D eigenvalue weighted by molar-refractivity contribution is -0.138. The molecule has 1 aromatic carbocycles. The third kappa shape index (κ3) is 3.62. The van der Waals surface area contributed by atoms with Crippen LogP contribution < -0.4 is 15.4 Å². The normalized spacial score (nSPS) is 19.8. The minimum atomic E-state index is -0.0428. The summed E-state index contributed by atoms with van der Waals surface area (Å²) in [5.41, 5.74) is 6.96. The third-order valence-corrected chi connectivity index (χ3v) is 5.30. The van der Waals surface area contributed by atoms with Gasteiger partial charge in [0.25, 0.3) is 0 Å². The minimum absolute atomic E-state index is 0.00217. The summed E-state index contributed by atoms with van der Waals surface area (Å²) in [5.74, 6) is 1.16. The van der Waals surface area contributed by atoms with Gasteiger partial charge in [-0.15, -0.1) is 0 Å². The third-order valence-electron chi connectivity index (χ3n) is 5.30. The Bertz CT molecular complexity index is 864. The number of carbonyl (C=O) groups excluding carboxylic acids is 1. The summed E-state index contributed by atoms with van der Waals surface area (Å²) in [4.78, 5) is 23.6. The Balaban J connectivity index is 1.41. The van der Waals surface area contributed by atoms with Crippen LogP contribution in [0.3, 0.4) is 0 Å². The van der Waals surface area contributed by atoms with Crippen molar-refractivity contribution in [3.05, 3.63) is 42.0 Å². The maximum Gasteiger partial charge on any atom is 0.320 e. The highest BCUT2D eigenvalue weighted by Crippen LogP contribution is 2.32. The number of nitrogens with two attached hydrogens (primary N) is 1. The van der Waals surface area contributed by atoms with Crippen molar-refractivity contribution in [2.24, 2.45) is 11.0 Å². The number of anilines is 2. The van der Waals surface area contributed by atoms with Gasteiger partial charge in [-0.05, 0) is 18.4 Å². The standard InChI is InChI=1S/C20H24N6O2/c1-28-20-23-17(21)13-18(24-20)25-11-8-15(9-12-25)19(27)26-16(7-10-22-26)14-5-3-2-4-6-14/h2-6,10,13,15-16H,7-9,11-12H2,1H3,(H2,21,23,24). The van der Waals surface area contributed by atoms with E-state index < -0.39 is 0 Å². The summed E-state index contributed by atoms with van der Waals surface area (Å²) in [7, 11) is 1.52. The Morgan fingerprint density at radius 2 is 1.93 bits per heavy atom. The molecule has 1 aromatic heterocycles. The van der Waals surface area contributed by atoms with Crippen LogP contribution in [0, 0.1) is 5.92 Å². The van der Waals surface area contributed by atoms with Gasteiger partial charge in [0.2, 0.25) is 5.91 Å². The number of ether oxygens (including phenoxy) is 1. The number of methoxy groups -OCH3 is 1. The molecule has 1 fully saturated rings. The molecule has 1 atom stereocenters. The maximum atomic E-state index is 13.1. The first-order valence-electron chi connectivity index (χ1n) is 9.49. The Morgan fingerprint density at radius 1 is 1.18 bits per heavy atom. The Kier molecular flexibility index (Phi) is 5.10. The molecule has 1 saturated heterocycles. The fraction of sp³-hybridized carbons (Fsp3) is 0.400. The Labute approximate surface area is 164 Å². The molecule has 2 aliphatic rings. The summed E-state index contributed by atoms with van der Waals surface area (Å²) < 4.78 is 5.10. The second-order valence-electron chi connectivity index (χ2n) is 7.04. The van der Waals surface area contributed by atoms with Gasteiger partial charge in [0.05, 0.1) is 13.2 Å². The van der Waals surface area contributed by atoms with Gasteiger partial charge >= 0.3 is 6.01 Å². The van der Waals surface area contributed by atoms with Crippen molar-refractivity contribution < 1.29 is 9.53 Å². The topological polar surface area (TPSA) is 96.9 Å². The highest BCUT2D eigenvalue weighted by Gasteiger charge is 2.35. The van der Waals surface area contributed by atoms with Crippen LogP contribution in [0.25, 0.3) is 0 Å². The zero-order valence-electron chi connectivity index (χ0n) is 15.9. The Morgan fingerprint density at radius 3 is 2.64 bits per heavy atom. The number of amides is 1. The van der Waals surface area contributed by atoms with E-state index in [2.05, 4.69) is 32.1 Å². The second kappa shape index (κ2) is 7.84. The average Bonchev–Trinajstić information content (AvgIpc) is 3.23. The van der Waals surface area contributed by atoms with E-state index in [4.69, 9.17) is 10.5 Å². The van der Waals surface area contributed by atoms with Gasteiger partial charge < -0.3 is 15.4 Å². The van der Waals surface area contributed by atoms with Gasteiger partial charge in [0, 0.05) is 37.7 Å². The number of benzene rings is 1. The molecule has 0 saturated carbocycles. The number of nitrogen functional groups attached to an aromatic ring is 1. The van der Waals surface area contributed by atoms with Gasteiger partial charge in [-0.25, -0.2) is 5.01 Å². The molecule has 0 radical (unpaired) electrons. The smallest absolute Gasteiger partial charge is 0.320 e. The van der Waals surface area contributed by atoms with E-state index in [1.807, 2.05) is 24.4 Å². The predicted octanol–water partition coefficient (Wildman–Crippen LogP) is 2.24. The predicted molar refractivity (Wildman–Crippen MR) is 107 cm³/mol. The maximum absolute atomic E-state index is 13.1. The second-order valence-corrected chi connectivity index (χ2v) is 7.04. The first kappa shape index (κ1) is 18.2. The number of hydrazone groups is 1. The molecule has 8 heteroatoms. The molecule has 0 bridgehead atoms. The van der Waals surface area contributed by atoms with E-state index in [1.165, 1.54) is 7.11 Å². The highest BCUT2D eigenvalue weighted by atomic mass is 16.5. The van der Waals surface area contributed by atoms with E-state index >= 15 is 0 Å². The average molecular weight is 380 g/mol. The lowest BCUT2D eigenvalue weighted by atomic mass is 9.94. The van der Waals surface area contributed by atoms with Gasteiger partial charge in [0.1, 0.15) is 11.6 Å². The number of hydrogen-bond donors (Lipinski definition) is 1.